The van der Waals surface area contributed by atoms with Crippen molar-refractivity contribution in [2.75, 3.05) is 24.3 Å². The summed E-state index contributed by atoms with van der Waals surface area (Å²) in [5, 5.41) is 4.88. The van der Waals surface area contributed by atoms with Crippen LogP contribution in [0.5, 0.6) is 0 Å². The fourth-order valence-electron chi connectivity index (χ4n) is 2.14. The maximum Gasteiger partial charge on any atom is 0.0659 e. The highest BCUT2D eigenvalue weighted by atomic mass is 79.9. The first-order valence-corrected chi connectivity index (χ1v) is 8.11. The summed E-state index contributed by atoms with van der Waals surface area (Å²) >= 11 is 16.0. The molecule has 2 aromatic carbocycles. The molecule has 0 spiro atoms. The lowest BCUT2D eigenvalue weighted by atomic mass is 10.1. The lowest BCUT2D eigenvalue weighted by molar-refractivity contribution is 0.884. The maximum atomic E-state index is 6.29. The van der Waals surface area contributed by atoms with Gasteiger partial charge in [-0.3, -0.25) is 0 Å². The second-order valence-corrected chi connectivity index (χ2v) is 6.82. The molecule has 0 amide bonds. The van der Waals surface area contributed by atoms with Gasteiger partial charge in [0.15, 0.2) is 0 Å². The molecule has 1 N–H and O–H groups in total. The lowest BCUT2D eigenvalue weighted by Crippen LogP contribution is -2.10. The summed E-state index contributed by atoms with van der Waals surface area (Å²) in [6.07, 6.45) is 0. The smallest absolute Gasteiger partial charge is 0.0659 e. The summed E-state index contributed by atoms with van der Waals surface area (Å²) < 4.78 is 0.974. The SMILES string of the molecule is CC(Nc1ccc(N(C)C)c(Cl)c1)c1ccc(Br)cc1Cl. The third kappa shape index (κ3) is 4.06. The molecule has 0 heterocycles. The molecule has 1 atom stereocenters. The predicted molar refractivity (Wildman–Crippen MR) is 97.0 cm³/mol. The molecule has 2 aromatic rings. The lowest BCUT2D eigenvalue weighted by Gasteiger charge is -2.19. The predicted octanol–water partition coefficient (Wildman–Crippen LogP) is 6.00. The molecule has 0 fully saturated rings. The summed E-state index contributed by atoms with van der Waals surface area (Å²) in [5.41, 5.74) is 3.02. The molecule has 1 unspecified atom stereocenters. The van der Waals surface area contributed by atoms with Crippen molar-refractivity contribution >= 4 is 50.5 Å². The molecule has 0 radical (unpaired) electrons. The van der Waals surface area contributed by atoms with Crippen LogP contribution in [0.1, 0.15) is 18.5 Å². The molecule has 0 saturated carbocycles. The molecule has 2 rings (SSSR count). The van der Waals surface area contributed by atoms with Gasteiger partial charge in [0, 0.05) is 35.3 Å². The monoisotopic (exact) mass is 386 g/mol. The quantitative estimate of drug-likeness (QED) is 0.692. The Balaban J connectivity index is 2.19. The van der Waals surface area contributed by atoms with Gasteiger partial charge in [-0.15, -0.1) is 0 Å². The van der Waals surface area contributed by atoms with Crippen LogP contribution in [0.2, 0.25) is 10.0 Å². The number of nitrogens with zero attached hydrogens (tertiary/aromatic N) is 1. The van der Waals surface area contributed by atoms with E-state index in [2.05, 4.69) is 28.2 Å². The first-order valence-electron chi connectivity index (χ1n) is 6.57. The van der Waals surface area contributed by atoms with Gasteiger partial charge < -0.3 is 10.2 Å². The van der Waals surface area contributed by atoms with Crippen molar-refractivity contribution in [1.82, 2.24) is 0 Å². The van der Waals surface area contributed by atoms with E-state index in [-0.39, 0.29) is 6.04 Å². The Morgan fingerprint density at radius 3 is 2.33 bits per heavy atom. The van der Waals surface area contributed by atoms with Crippen molar-refractivity contribution in [2.24, 2.45) is 0 Å². The van der Waals surface area contributed by atoms with Gasteiger partial charge >= 0.3 is 0 Å². The molecule has 21 heavy (non-hydrogen) atoms. The topological polar surface area (TPSA) is 15.3 Å². The number of anilines is 2. The summed E-state index contributed by atoms with van der Waals surface area (Å²) in [7, 11) is 3.94. The van der Waals surface area contributed by atoms with E-state index in [1.165, 1.54) is 0 Å². The molecule has 0 aliphatic rings. The Morgan fingerprint density at radius 2 is 1.76 bits per heavy atom. The molecule has 0 saturated heterocycles. The van der Waals surface area contributed by atoms with Crippen molar-refractivity contribution in [3.8, 4) is 0 Å². The molecule has 0 aromatic heterocycles. The van der Waals surface area contributed by atoms with Crippen LogP contribution in [0.3, 0.4) is 0 Å². The summed E-state index contributed by atoms with van der Waals surface area (Å²) in [6, 6.07) is 11.9. The van der Waals surface area contributed by atoms with Gasteiger partial charge in [-0.2, -0.15) is 0 Å². The highest BCUT2D eigenvalue weighted by Gasteiger charge is 2.11. The van der Waals surface area contributed by atoms with Crippen molar-refractivity contribution in [1.29, 1.82) is 0 Å². The zero-order chi connectivity index (χ0) is 15.6. The fourth-order valence-corrected chi connectivity index (χ4v) is 3.33. The van der Waals surface area contributed by atoms with Crippen LogP contribution in [0, 0.1) is 0 Å². The summed E-state index contributed by atoms with van der Waals surface area (Å²) in [4.78, 5) is 1.99. The van der Waals surface area contributed by atoms with E-state index in [9.17, 15) is 0 Å². The number of halogens is 3. The average molecular weight is 388 g/mol. The Kier molecular flexibility index (Phi) is 5.42. The van der Waals surface area contributed by atoms with Crippen LogP contribution in [-0.4, -0.2) is 14.1 Å². The van der Waals surface area contributed by atoms with Gasteiger partial charge in [-0.1, -0.05) is 45.2 Å². The van der Waals surface area contributed by atoms with E-state index in [1.54, 1.807) is 0 Å². The maximum absolute atomic E-state index is 6.29. The van der Waals surface area contributed by atoms with E-state index in [0.29, 0.717) is 0 Å². The largest absolute Gasteiger partial charge is 0.378 e. The molecule has 112 valence electrons. The molecule has 2 nitrogen and oxygen atoms in total. The first-order chi connectivity index (χ1) is 9.88. The van der Waals surface area contributed by atoms with Crippen LogP contribution < -0.4 is 10.2 Å². The van der Waals surface area contributed by atoms with Gasteiger partial charge in [0.05, 0.1) is 10.7 Å². The van der Waals surface area contributed by atoms with Gasteiger partial charge in [0.25, 0.3) is 0 Å². The number of benzene rings is 2. The molecule has 5 heteroatoms. The van der Waals surface area contributed by atoms with Crippen molar-refractivity contribution in [3.05, 3.63) is 56.5 Å². The number of hydrogen-bond acceptors (Lipinski definition) is 2. The van der Waals surface area contributed by atoms with Gasteiger partial charge in [-0.05, 0) is 42.8 Å². The minimum absolute atomic E-state index is 0.0897. The second-order valence-electron chi connectivity index (χ2n) is 5.09. The van der Waals surface area contributed by atoms with Gasteiger partial charge in [0.1, 0.15) is 0 Å². The van der Waals surface area contributed by atoms with Crippen LogP contribution >= 0.6 is 39.1 Å². The van der Waals surface area contributed by atoms with Gasteiger partial charge in [0.2, 0.25) is 0 Å². The van der Waals surface area contributed by atoms with E-state index < -0.39 is 0 Å². The zero-order valence-corrected chi connectivity index (χ0v) is 15.2. The highest BCUT2D eigenvalue weighted by molar-refractivity contribution is 9.10. The van der Waals surface area contributed by atoms with E-state index >= 15 is 0 Å². The molecule has 0 aliphatic carbocycles. The number of nitrogens with one attached hydrogen (secondary N) is 1. The van der Waals surface area contributed by atoms with Crippen molar-refractivity contribution < 1.29 is 0 Å². The Bertz CT molecular complexity index is 644. The second kappa shape index (κ2) is 6.91. The molecule has 0 bridgehead atoms. The van der Waals surface area contributed by atoms with Gasteiger partial charge in [-0.25, -0.2) is 0 Å². The standard InChI is InChI=1S/C16H17BrCl2N2/c1-10(13-6-4-11(17)8-14(13)18)20-12-5-7-16(21(2)3)15(19)9-12/h4-10,20H,1-3H3. The number of rotatable bonds is 4. The van der Waals surface area contributed by atoms with Crippen LogP contribution in [0.25, 0.3) is 0 Å². The average Bonchev–Trinajstić information content (AvgIpc) is 2.37. The highest BCUT2D eigenvalue weighted by Crippen LogP contribution is 2.31. The zero-order valence-electron chi connectivity index (χ0n) is 12.1. The number of hydrogen-bond donors (Lipinski definition) is 1. The third-order valence-corrected chi connectivity index (χ3v) is 4.36. The molecule has 0 aliphatic heterocycles. The Labute approximate surface area is 144 Å². The van der Waals surface area contributed by atoms with Crippen molar-refractivity contribution in [3.63, 3.8) is 0 Å². The van der Waals surface area contributed by atoms with Crippen LogP contribution in [-0.2, 0) is 0 Å². The Hall–Kier alpha value is -0.900. The minimum Gasteiger partial charge on any atom is -0.378 e. The first kappa shape index (κ1) is 16.5. The Morgan fingerprint density at radius 1 is 1.05 bits per heavy atom. The minimum atomic E-state index is 0.0897. The van der Waals surface area contributed by atoms with E-state index in [4.69, 9.17) is 23.2 Å². The normalized spacial score (nSPS) is 12.1. The summed E-state index contributed by atoms with van der Waals surface area (Å²) in [5.74, 6) is 0. The summed E-state index contributed by atoms with van der Waals surface area (Å²) in [6.45, 7) is 2.07. The fraction of sp³-hybridized carbons (Fsp3) is 0.250. The molecular formula is C16H17BrCl2N2. The molecular weight excluding hydrogens is 371 g/mol. The van der Waals surface area contributed by atoms with E-state index in [0.717, 1.165) is 31.5 Å². The van der Waals surface area contributed by atoms with E-state index in [1.807, 2.05) is 55.4 Å². The van der Waals surface area contributed by atoms with Crippen LogP contribution in [0.4, 0.5) is 11.4 Å². The van der Waals surface area contributed by atoms with Crippen LogP contribution in [0.15, 0.2) is 40.9 Å². The third-order valence-electron chi connectivity index (χ3n) is 3.24. The van der Waals surface area contributed by atoms with Crippen molar-refractivity contribution in [2.45, 2.75) is 13.0 Å².